The maximum Gasteiger partial charge on any atom is 0.262 e. The van der Waals surface area contributed by atoms with Crippen LogP contribution in [-0.2, 0) is 10.0 Å². The molecule has 0 aliphatic heterocycles. The van der Waals surface area contributed by atoms with Gasteiger partial charge in [0.25, 0.3) is 10.0 Å². The van der Waals surface area contributed by atoms with E-state index in [1.165, 1.54) is 25.6 Å². The maximum absolute atomic E-state index is 13.7. The van der Waals surface area contributed by atoms with Crippen LogP contribution in [0.4, 0.5) is 15.8 Å². The minimum Gasteiger partial charge on any atom is -0.492 e. The number of pyridine rings is 1. The molecule has 0 radical (unpaired) electrons. The summed E-state index contributed by atoms with van der Waals surface area (Å²) in [5.41, 5.74) is 5.51. The van der Waals surface area contributed by atoms with Gasteiger partial charge in [0.15, 0.2) is 11.6 Å². The zero-order valence-electron chi connectivity index (χ0n) is 10.8. The van der Waals surface area contributed by atoms with E-state index in [1.54, 1.807) is 0 Å². The summed E-state index contributed by atoms with van der Waals surface area (Å²) in [6.07, 6.45) is 2.65. The molecule has 2 aromatic rings. The van der Waals surface area contributed by atoms with E-state index in [0.29, 0.717) is 0 Å². The van der Waals surface area contributed by atoms with Crippen molar-refractivity contribution in [3.8, 4) is 5.75 Å². The van der Waals surface area contributed by atoms with Crippen molar-refractivity contribution in [2.75, 3.05) is 17.6 Å². The molecule has 1 aromatic carbocycles. The molecular weight excluding hydrogens is 321 g/mol. The van der Waals surface area contributed by atoms with Gasteiger partial charge in [-0.1, -0.05) is 11.6 Å². The van der Waals surface area contributed by atoms with Gasteiger partial charge in [0.05, 0.1) is 34.6 Å². The summed E-state index contributed by atoms with van der Waals surface area (Å²) in [6.45, 7) is 0. The number of sulfonamides is 1. The molecule has 0 fully saturated rings. The number of rotatable bonds is 4. The lowest BCUT2D eigenvalue weighted by atomic mass is 10.3. The molecule has 1 aromatic heterocycles. The highest BCUT2D eigenvalue weighted by Crippen LogP contribution is 2.30. The summed E-state index contributed by atoms with van der Waals surface area (Å²) in [4.78, 5) is 3.41. The third kappa shape index (κ3) is 3.17. The highest BCUT2D eigenvalue weighted by Gasteiger charge is 2.20. The van der Waals surface area contributed by atoms with Crippen LogP contribution in [0.3, 0.4) is 0 Å². The van der Waals surface area contributed by atoms with Gasteiger partial charge < -0.3 is 10.5 Å². The first-order valence-electron chi connectivity index (χ1n) is 5.60. The van der Waals surface area contributed by atoms with Crippen molar-refractivity contribution in [1.29, 1.82) is 0 Å². The molecule has 0 unspecified atom stereocenters. The Morgan fingerprint density at radius 3 is 2.71 bits per heavy atom. The molecular formula is C12H11ClFN3O3S. The molecule has 21 heavy (non-hydrogen) atoms. The topological polar surface area (TPSA) is 94.3 Å². The van der Waals surface area contributed by atoms with E-state index >= 15 is 0 Å². The van der Waals surface area contributed by atoms with E-state index in [2.05, 4.69) is 9.71 Å². The fourth-order valence-corrected chi connectivity index (χ4v) is 2.93. The molecule has 6 nitrogen and oxygen atoms in total. The van der Waals surface area contributed by atoms with E-state index in [9.17, 15) is 12.8 Å². The van der Waals surface area contributed by atoms with Crippen molar-refractivity contribution in [3.05, 3.63) is 41.4 Å². The number of hydrogen-bond donors (Lipinski definition) is 2. The zero-order chi connectivity index (χ0) is 15.6. The Morgan fingerprint density at radius 1 is 1.43 bits per heavy atom. The van der Waals surface area contributed by atoms with Gasteiger partial charge in [0.2, 0.25) is 0 Å². The molecule has 0 spiro atoms. The number of nitrogens with one attached hydrogen (secondary N) is 1. The highest BCUT2D eigenvalue weighted by molar-refractivity contribution is 7.92. The minimum absolute atomic E-state index is 0.0777. The Hall–Kier alpha value is -2.06. The number of methoxy groups -OCH3 is 1. The third-order valence-corrected chi connectivity index (χ3v) is 4.25. The number of nitrogens with zero attached hydrogens (tertiary/aromatic N) is 1. The molecule has 0 atom stereocenters. The second kappa shape index (κ2) is 5.74. The van der Waals surface area contributed by atoms with Crippen molar-refractivity contribution in [2.24, 2.45) is 0 Å². The van der Waals surface area contributed by atoms with Gasteiger partial charge in [-0.2, -0.15) is 0 Å². The minimum atomic E-state index is -4.06. The standard InChI is InChI=1S/C12H11ClFN3O3S/c1-20-12-9(14)4-7(5-10(12)15)21(18,19)17-11-6-16-3-2-8(11)13/h2-6,17H,15H2,1H3. The van der Waals surface area contributed by atoms with Gasteiger partial charge in [0, 0.05) is 6.20 Å². The van der Waals surface area contributed by atoms with Crippen LogP contribution in [0.2, 0.25) is 5.02 Å². The Morgan fingerprint density at radius 2 is 2.14 bits per heavy atom. The maximum atomic E-state index is 13.7. The summed E-state index contributed by atoms with van der Waals surface area (Å²) in [5.74, 6) is -1.09. The van der Waals surface area contributed by atoms with Crippen LogP contribution >= 0.6 is 11.6 Å². The average Bonchev–Trinajstić information content (AvgIpc) is 2.41. The Labute approximate surface area is 125 Å². The SMILES string of the molecule is COc1c(N)cc(S(=O)(=O)Nc2cnccc2Cl)cc1F. The monoisotopic (exact) mass is 331 g/mol. The quantitative estimate of drug-likeness (QED) is 0.838. The average molecular weight is 332 g/mol. The summed E-state index contributed by atoms with van der Waals surface area (Å²) < 4.78 is 45.1. The van der Waals surface area contributed by atoms with Crippen molar-refractivity contribution >= 4 is 33.0 Å². The molecule has 2 rings (SSSR count). The van der Waals surface area contributed by atoms with Crippen LogP contribution in [0.1, 0.15) is 0 Å². The first-order chi connectivity index (χ1) is 9.85. The van der Waals surface area contributed by atoms with Gasteiger partial charge in [-0.25, -0.2) is 12.8 Å². The fourth-order valence-electron chi connectivity index (χ4n) is 1.62. The molecule has 0 aliphatic rings. The Kier molecular flexibility index (Phi) is 4.19. The van der Waals surface area contributed by atoms with Crippen LogP contribution in [-0.4, -0.2) is 20.5 Å². The van der Waals surface area contributed by atoms with Crippen LogP contribution in [0.15, 0.2) is 35.5 Å². The van der Waals surface area contributed by atoms with E-state index in [-0.39, 0.29) is 27.0 Å². The lowest BCUT2D eigenvalue weighted by molar-refractivity contribution is 0.388. The van der Waals surface area contributed by atoms with Crippen LogP contribution in [0.25, 0.3) is 0 Å². The van der Waals surface area contributed by atoms with Gasteiger partial charge >= 0.3 is 0 Å². The Bertz CT molecular complexity index is 760. The van der Waals surface area contributed by atoms with Gasteiger partial charge in [0.1, 0.15) is 0 Å². The summed E-state index contributed by atoms with van der Waals surface area (Å²) in [6, 6.07) is 3.32. The molecule has 0 saturated heterocycles. The summed E-state index contributed by atoms with van der Waals surface area (Å²) >= 11 is 5.84. The number of nitrogens with two attached hydrogens (primary N) is 1. The first-order valence-corrected chi connectivity index (χ1v) is 7.46. The number of benzene rings is 1. The predicted molar refractivity (Wildman–Crippen MR) is 77.4 cm³/mol. The van der Waals surface area contributed by atoms with E-state index in [0.717, 1.165) is 12.1 Å². The van der Waals surface area contributed by atoms with Crippen molar-refractivity contribution in [2.45, 2.75) is 4.90 Å². The molecule has 0 aliphatic carbocycles. The molecule has 1 heterocycles. The summed E-state index contributed by atoms with van der Waals surface area (Å²) in [5, 5.41) is 0.163. The highest BCUT2D eigenvalue weighted by atomic mass is 35.5. The van der Waals surface area contributed by atoms with Crippen molar-refractivity contribution < 1.29 is 17.5 Å². The van der Waals surface area contributed by atoms with Crippen molar-refractivity contribution in [1.82, 2.24) is 4.98 Å². The molecule has 112 valence electrons. The molecule has 9 heteroatoms. The second-order valence-electron chi connectivity index (χ2n) is 3.99. The second-order valence-corrected chi connectivity index (χ2v) is 6.08. The van der Waals surface area contributed by atoms with Crippen LogP contribution < -0.4 is 15.2 Å². The molecule has 3 N–H and O–H groups in total. The van der Waals surface area contributed by atoms with E-state index in [1.807, 2.05) is 0 Å². The fraction of sp³-hybridized carbons (Fsp3) is 0.0833. The Balaban J connectivity index is 2.43. The zero-order valence-corrected chi connectivity index (χ0v) is 12.4. The van der Waals surface area contributed by atoms with Crippen LogP contribution in [0, 0.1) is 5.82 Å². The van der Waals surface area contributed by atoms with E-state index in [4.69, 9.17) is 22.1 Å². The lowest BCUT2D eigenvalue weighted by Gasteiger charge is -2.11. The number of aromatic nitrogens is 1. The smallest absolute Gasteiger partial charge is 0.262 e. The van der Waals surface area contributed by atoms with E-state index < -0.39 is 15.8 Å². The number of hydrogen-bond acceptors (Lipinski definition) is 5. The lowest BCUT2D eigenvalue weighted by Crippen LogP contribution is -2.14. The number of ether oxygens (including phenoxy) is 1. The predicted octanol–water partition coefficient (Wildman–Crippen LogP) is 2.27. The van der Waals surface area contributed by atoms with Crippen molar-refractivity contribution in [3.63, 3.8) is 0 Å². The molecule has 0 saturated carbocycles. The van der Waals surface area contributed by atoms with Gasteiger partial charge in [-0.05, 0) is 18.2 Å². The largest absolute Gasteiger partial charge is 0.492 e. The molecule has 0 amide bonds. The normalized spacial score (nSPS) is 11.2. The van der Waals surface area contributed by atoms with Gasteiger partial charge in [-0.3, -0.25) is 9.71 Å². The number of halogens is 2. The first kappa shape index (κ1) is 15.3. The third-order valence-electron chi connectivity index (χ3n) is 2.57. The van der Waals surface area contributed by atoms with Crippen LogP contribution in [0.5, 0.6) is 5.75 Å². The summed E-state index contributed by atoms with van der Waals surface area (Å²) in [7, 11) is -2.82. The number of anilines is 2. The molecule has 0 bridgehead atoms. The number of nitrogen functional groups attached to an aromatic ring is 1. The van der Waals surface area contributed by atoms with Gasteiger partial charge in [-0.15, -0.1) is 0 Å².